The van der Waals surface area contributed by atoms with Crippen molar-refractivity contribution in [2.24, 2.45) is 0 Å². The molecule has 0 saturated carbocycles. The molecule has 2 atom stereocenters. The highest BCUT2D eigenvalue weighted by atomic mass is 16.6. The number of nitrogens with zero attached hydrogens (tertiary/aromatic N) is 2. The third-order valence-corrected chi connectivity index (χ3v) is 4.64. The molecule has 2 unspecified atom stereocenters. The fourth-order valence-corrected chi connectivity index (χ4v) is 3.04. The van der Waals surface area contributed by atoms with Crippen LogP contribution in [-0.4, -0.2) is 37.0 Å². The number of carbonyl (C=O) groups excluding carboxylic acids is 2. The number of nitro groups is 1. The lowest BCUT2D eigenvalue weighted by Gasteiger charge is -2.21. The summed E-state index contributed by atoms with van der Waals surface area (Å²) in [6.45, 7) is 3.50. The van der Waals surface area contributed by atoms with Gasteiger partial charge in [-0.25, -0.2) is 4.79 Å². The van der Waals surface area contributed by atoms with Crippen LogP contribution in [-0.2, 0) is 9.53 Å². The Morgan fingerprint density at radius 3 is 2.40 bits per heavy atom. The lowest BCUT2D eigenvalue weighted by Crippen LogP contribution is -2.38. The average molecular weight is 413 g/mol. The molecule has 0 bridgehead atoms. The number of esters is 1. The summed E-state index contributed by atoms with van der Waals surface area (Å²) in [7, 11) is 3.35. The Balaban J connectivity index is 2.10. The largest absolute Gasteiger partial charge is 0.449 e. The third-order valence-electron chi connectivity index (χ3n) is 4.64. The second-order valence-corrected chi connectivity index (χ2v) is 7.16. The normalized spacial score (nSPS) is 12.5. The number of hydrogen-bond acceptors (Lipinski definition) is 6. The molecule has 8 heteroatoms. The fraction of sp³-hybridized carbons (Fsp3) is 0.364. The van der Waals surface area contributed by atoms with E-state index >= 15 is 0 Å². The smallest absolute Gasteiger partial charge is 0.339 e. The van der Waals surface area contributed by atoms with Crippen LogP contribution in [0, 0.1) is 10.1 Å². The Hall–Kier alpha value is -3.42. The SMILES string of the molecule is CCCC(NC(=O)C(C)OC(=O)c1ccc(N(C)C)c([N+](=O)[O-])c1)c1ccccc1. The molecule has 0 radical (unpaired) electrons. The average Bonchev–Trinajstić information content (AvgIpc) is 2.73. The van der Waals surface area contributed by atoms with Crippen molar-refractivity contribution in [1.29, 1.82) is 0 Å². The van der Waals surface area contributed by atoms with Gasteiger partial charge in [0.15, 0.2) is 6.10 Å². The molecule has 0 heterocycles. The van der Waals surface area contributed by atoms with Gasteiger partial charge in [0.25, 0.3) is 11.6 Å². The van der Waals surface area contributed by atoms with E-state index in [9.17, 15) is 19.7 Å². The van der Waals surface area contributed by atoms with E-state index in [4.69, 9.17) is 4.74 Å². The number of benzene rings is 2. The molecular weight excluding hydrogens is 386 g/mol. The van der Waals surface area contributed by atoms with Crippen LogP contribution in [0.2, 0.25) is 0 Å². The van der Waals surface area contributed by atoms with E-state index in [1.54, 1.807) is 19.0 Å². The summed E-state index contributed by atoms with van der Waals surface area (Å²) in [5.74, 6) is -1.22. The van der Waals surface area contributed by atoms with Gasteiger partial charge in [0.05, 0.1) is 16.5 Å². The highest BCUT2D eigenvalue weighted by Gasteiger charge is 2.24. The standard InChI is InChI=1S/C22H27N3O5/c1-5-9-18(16-10-7-6-8-11-16)23-21(26)15(2)30-22(27)17-12-13-19(24(3)4)20(14-17)25(28)29/h6-8,10-15,18H,5,9H2,1-4H3,(H,23,26). The predicted octanol–water partition coefficient (Wildman–Crippen LogP) is 3.86. The lowest BCUT2D eigenvalue weighted by molar-refractivity contribution is -0.384. The quantitative estimate of drug-likeness (QED) is 0.380. The van der Waals surface area contributed by atoms with Crippen molar-refractivity contribution >= 4 is 23.3 Å². The molecule has 0 saturated heterocycles. The van der Waals surface area contributed by atoms with Crippen LogP contribution in [0.1, 0.15) is 48.7 Å². The highest BCUT2D eigenvalue weighted by molar-refractivity contribution is 5.93. The van der Waals surface area contributed by atoms with Gasteiger partial charge in [-0.2, -0.15) is 0 Å². The van der Waals surface area contributed by atoms with E-state index in [1.165, 1.54) is 19.1 Å². The Kier molecular flexibility index (Phi) is 7.91. The van der Waals surface area contributed by atoms with Gasteiger partial charge in [0, 0.05) is 20.2 Å². The van der Waals surface area contributed by atoms with E-state index < -0.39 is 22.9 Å². The molecule has 8 nitrogen and oxygen atoms in total. The second-order valence-electron chi connectivity index (χ2n) is 7.16. The van der Waals surface area contributed by atoms with E-state index in [2.05, 4.69) is 5.32 Å². The van der Waals surface area contributed by atoms with E-state index in [-0.39, 0.29) is 17.3 Å². The zero-order valence-corrected chi connectivity index (χ0v) is 17.6. The number of ether oxygens (including phenoxy) is 1. The number of carbonyl (C=O) groups is 2. The van der Waals surface area contributed by atoms with Crippen LogP contribution in [0.5, 0.6) is 0 Å². The van der Waals surface area contributed by atoms with Gasteiger partial charge in [-0.05, 0) is 31.0 Å². The van der Waals surface area contributed by atoms with Gasteiger partial charge < -0.3 is 15.0 Å². The summed E-state index contributed by atoms with van der Waals surface area (Å²) in [5, 5.41) is 14.2. The maximum atomic E-state index is 12.6. The number of amides is 1. The van der Waals surface area contributed by atoms with E-state index in [1.807, 2.05) is 37.3 Å². The van der Waals surface area contributed by atoms with Crippen molar-refractivity contribution in [2.45, 2.75) is 38.8 Å². The minimum Gasteiger partial charge on any atom is -0.449 e. The van der Waals surface area contributed by atoms with Crippen molar-refractivity contribution in [1.82, 2.24) is 5.32 Å². The van der Waals surface area contributed by atoms with Crippen molar-refractivity contribution < 1.29 is 19.2 Å². The molecule has 160 valence electrons. The first-order chi connectivity index (χ1) is 14.2. The van der Waals surface area contributed by atoms with Gasteiger partial charge in [-0.15, -0.1) is 0 Å². The van der Waals surface area contributed by atoms with Gasteiger partial charge in [0.1, 0.15) is 5.69 Å². The molecular formula is C22H27N3O5. The first kappa shape index (κ1) is 22.9. The molecule has 0 aliphatic heterocycles. The van der Waals surface area contributed by atoms with Crippen LogP contribution >= 0.6 is 0 Å². The van der Waals surface area contributed by atoms with Gasteiger partial charge in [-0.1, -0.05) is 43.7 Å². The monoisotopic (exact) mass is 413 g/mol. The van der Waals surface area contributed by atoms with Crippen LogP contribution in [0.15, 0.2) is 48.5 Å². The second kappa shape index (κ2) is 10.4. The van der Waals surface area contributed by atoms with Crippen molar-refractivity contribution in [3.8, 4) is 0 Å². The molecule has 2 aromatic carbocycles. The zero-order valence-electron chi connectivity index (χ0n) is 17.6. The van der Waals surface area contributed by atoms with E-state index in [0.717, 1.165) is 24.5 Å². The predicted molar refractivity (Wildman–Crippen MR) is 115 cm³/mol. The molecule has 1 N–H and O–H groups in total. The maximum Gasteiger partial charge on any atom is 0.339 e. The summed E-state index contributed by atoms with van der Waals surface area (Å²) in [6.07, 6.45) is 0.568. The fourth-order valence-electron chi connectivity index (χ4n) is 3.04. The van der Waals surface area contributed by atoms with Crippen molar-refractivity contribution in [3.63, 3.8) is 0 Å². The first-order valence-corrected chi connectivity index (χ1v) is 9.76. The molecule has 2 aromatic rings. The summed E-state index contributed by atoms with van der Waals surface area (Å²) < 4.78 is 5.26. The topological polar surface area (TPSA) is 102 Å². The highest BCUT2D eigenvalue weighted by Crippen LogP contribution is 2.28. The molecule has 0 aliphatic rings. The zero-order chi connectivity index (χ0) is 22.3. The Bertz CT molecular complexity index is 899. The molecule has 0 aromatic heterocycles. The summed E-state index contributed by atoms with van der Waals surface area (Å²) in [6, 6.07) is 13.5. The number of nitrogens with one attached hydrogen (secondary N) is 1. The van der Waals surface area contributed by atoms with Gasteiger partial charge >= 0.3 is 5.97 Å². The minimum atomic E-state index is -1.05. The van der Waals surface area contributed by atoms with Crippen molar-refractivity contribution in [2.75, 3.05) is 19.0 Å². The van der Waals surface area contributed by atoms with Gasteiger partial charge in [-0.3, -0.25) is 14.9 Å². The third kappa shape index (κ3) is 5.79. The molecule has 2 rings (SSSR count). The van der Waals surface area contributed by atoms with E-state index in [0.29, 0.717) is 5.69 Å². The Morgan fingerprint density at radius 2 is 1.83 bits per heavy atom. The van der Waals surface area contributed by atoms with Crippen LogP contribution in [0.4, 0.5) is 11.4 Å². The van der Waals surface area contributed by atoms with Crippen LogP contribution < -0.4 is 10.2 Å². The summed E-state index contributed by atoms with van der Waals surface area (Å²) in [5.41, 5.74) is 1.15. The first-order valence-electron chi connectivity index (χ1n) is 9.76. The molecule has 1 amide bonds. The van der Waals surface area contributed by atoms with Crippen molar-refractivity contribution in [3.05, 3.63) is 69.8 Å². The van der Waals surface area contributed by atoms with Crippen LogP contribution in [0.3, 0.4) is 0 Å². The minimum absolute atomic E-state index is 0.0140. The van der Waals surface area contributed by atoms with Gasteiger partial charge in [0.2, 0.25) is 0 Å². The summed E-state index contributed by atoms with van der Waals surface area (Å²) >= 11 is 0. The Labute approximate surface area is 176 Å². The molecule has 0 aliphatic carbocycles. The molecule has 0 spiro atoms. The maximum absolute atomic E-state index is 12.6. The number of hydrogen-bond donors (Lipinski definition) is 1. The molecule has 0 fully saturated rings. The molecule has 30 heavy (non-hydrogen) atoms. The number of nitro benzene ring substituents is 1. The summed E-state index contributed by atoms with van der Waals surface area (Å²) in [4.78, 5) is 37.4. The van der Waals surface area contributed by atoms with Crippen LogP contribution in [0.25, 0.3) is 0 Å². The lowest BCUT2D eigenvalue weighted by atomic mass is 10.0. The number of anilines is 1. The Morgan fingerprint density at radius 1 is 1.17 bits per heavy atom. The number of rotatable bonds is 9.